The number of ether oxygens (including phenoxy) is 1. The molecule has 0 radical (unpaired) electrons. The largest absolute Gasteiger partial charge is 0.503 e. The number of hydrogen-bond donors (Lipinski definition) is 2. The van der Waals surface area contributed by atoms with Crippen molar-refractivity contribution < 1.29 is 13.7 Å². The van der Waals surface area contributed by atoms with Crippen molar-refractivity contribution in [3.8, 4) is 0 Å². The summed E-state index contributed by atoms with van der Waals surface area (Å²) < 4.78 is 25.8. The molecule has 2 aromatic rings. The van der Waals surface area contributed by atoms with Crippen LogP contribution in [0.1, 0.15) is 86.8 Å². The molecule has 0 spiro atoms. The lowest BCUT2D eigenvalue weighted by Crippen LogP contribution is -2.51. The molecule has 48 heavy (non-hydrogen) atoms. The number of likely N-dealkylation sites (N-methyl/N-ethyl adjacent to an activating group) is 1. The number of hydrogen-bond acceptors (Lipinski definition) is 6. The van der Waals surface area contributed by atoms with E-state index in [2.05, 4.69) is 75.8 Å². The molecule has 264 valence electrons. The molecule has 2 aliphatic rings. The topological polar surface area (TPSA) is 82.1 Å². The molecular weight excluding hydrogens is 621 g/mol. The van der Waals surface area contributed by atoms with Crippen LogP contribution in [0.15, 0.2) is 66.9 Å². The van der Waals surface area contributed by atoms with Crippen LogP contribution in [0.3, 0.4) is 0 Å². The Kier molecular flexibility index (Phi) is 13.8. The fourth-order valence-electron chi connectivity index (χ4n) is 6.92. The van der Waals surface area contributed by atoms with Crippen molar-refractivity contribution in [3.63, 3.8) is 0 Å². The molecule has 2 unspecified atom stereocenters. The number of carbonyl (C=O) groups is 1. The summed E-state index contributed by atoms with van der Waals surface area (Å²) in [6, 6.07) is 5.95. The van der Waals surface area contributed by atoms with Gasteiger partial charge in [0, 0.05) is 91.5 Å². The third-order valence-corrected chi connectivity index (χ3v) is 11.4. The van der Waals surface area contributed by atoms with Crippen LogP contribution in [0.5, 0.6) is 0 Å². The van der Waals surface area contributed by atoms with Gasteiger partial charge in [-0.05, 0) is 75.6 Å². The van der Waals surface area contributed by atoms with Gasteiger partial charge in [0.1, 0.15) is 9.89 Å². The first kappa shape index (κ1) is 37.4. The summed E-state index contributed by atoms with van der Waals surface area (Å²) in [5.74, 6) is 3.97. The molecule has 1 aromatic heterocycles. The highest BCUT2D eigenvalue weighted by Gasteiger charge is 2.27. The van der Waals surface area contributed by atoms with Crippen LogP contribution < -0.4 is 10.0 Å². The lowest BCUT2D eigenvalue weighted by Gasteiger charge is -2.34. The van der Waals surface area contributed by atoms with Crippen molar-refractivity contribution in [2.24, 2.45) is 0 Å². The van der Waals surface area contributed by atoms with Crippen molar-refractivity contribution in [2.75, 3.05) is 53.4 Å². The van der Waals surface area contributed by atoms with Gasteiger partial charge in [0.15, 0.2) is 0 Å². The van der Waals surface area contributed by atoms with E-state index in [0.29, 0.717) is 31.1 Å². The predicted octanol–water partition coefficient (Wildman–Crippen LogP) is 6.17. The lowest BCUT2D eigenvalue weighted by molar-refractivity contribution is 0.0980. The third-order valence-electron chi connectivity index (χ3n) is 9.69. The molecule has 2 atom stereocenters. The maximum absolute atomic E-state index is 13.8. The number of piperidine rings is 1. The van der Waals surface area contributed by atoms with Crippen molar-refractivity contribution >= 4 is 32.6 Å². The number of fused-ring (bicyclic) bond motifs is 1. The van der Waals surface area contributed by atoms with Gasteiger partial charge >= 0.3 is 0 Å². The summed E-state index contributed by atoms with van der Waals surface area (Å²) in [5.41, 5.74) is 6.15. The summed E-state index contributed by atoms with van der Waals surface area (Å²) in [5, 5.41) is 4.46. The zero-order chi connectivity index (χ0) is 34.7. The quantitative estimate of drug-likeness (QED) is 0.0958. The first-order valence-corrected chi connectivity index (χ1v) is 19.3. The standard InChI is InChI=1S/C38H58N6O3S/c1-8-11-16-35-37(31(10-3)15-9-2)34-18-17-32(38(45)40-48(7,46)43-24-22-41(5)23-25-43)27-36(34)44(35)29-33(28-39-19-26-47-6)30(4)42-20-13-12-14-21-42/h8,11,17-19,26-28,31,39H,4,7,9-10,12-16,20-25,29H2,1-3,5-6H3,(H,40,45,46)/b11-8-,26-19+,33-28+. The number of likely N-dealkylation sites (tertiary alicyclic amines) is 1. The maximum Gasteiger partial charge on any atom is 0.263 e. The fourth-order valence-corrected chi connectivity index (χ4v) is 8.21. The average molecular weight is 679 g/mol. The molecule has 9 nitrogen and oxygen atoms in total. The van der Waals surface area contributed by atoms with Crippen LogP contribution in [0, 0.1) is 0 Å². The molecule has 10 heteroatoms. The van der Waals surface area contributed by atoms with Crippen molar-refractivity contribution in [1.82, 2.24) is 28.7 Å². The van der Waals surface area contributed by atoms with Gasteiger partial charge in [-0.1, -0.05) is 45.1 Å². The Hall–Kier alpha value is -3.47. The first-order chi connectivity index (χ1) is 23.1. The minimum absolute atomic E-state index is 0.374. The van der Waals surface area contributed by atoms with Crippen LogP contribution in [-0.2, 0) is 27.6 Å². The van der Waals surface area contributed by atoms with E-state index in [0.717, 1.165) is 86.9 Å². The second-order valence-electron chi connectivity index (χ2n) is 13.0. The fraction of sp³-hybridized carbons (Fsp3) is 0.526. The Morgan fingerprint density at radius 1 is 1.10 bits per heavy atom. The third kappa shape index (κ3) is 9.15. The molecular formula is C38H58N6O3S. The van der Waals surface area contributed by atoms with E-state index in [1.807, 2.05) is 25.4 Å². The highest BCUT2D eigenvalue weighted by Crippen LogP contribution is 2.38. The zero-order valence-electron chi connectivity index (χ0n) is 29.9. The van der Waals surface area contributed by atoms with Gasteiger partial charge in [-0.3, -0.25) is 9.52 Å². The summed E-state index contributed by atoms with van der Waals surface area (Å²) >= 11 is 0. The molecule has 2 saturated heterocycles. The second-order valence-corrected chi connectivity index (χ2v) is 15.0. The minimum atomic E-state index is -2.97. The van der Waals surface area contributed by atoms with E-state index in [-0.39, 0.29) is 5.91 Å². The van der Waals surface area contributed by atoms with Gasteiger partial charge in [-0.2, -0.15) is 0 Å². The Morgan fingerprint density at radius 2 is 1.83 bits per heavy atom. The molecule has 0 bridgehead atoms. The number of amides is 1. The molecule has 1 aromatic carbocycles. The highest BCUT2D eigenvalue weighted by molar-refractivity contribution is 7.96. The van der Waals surface area contributed by atoms with Gasteiger partial charge in [0.05, 0.1) is 19.9 Å². The Bertz CT molecular complexity index is 1590. The number of nitrogens with zero attached hydrogens (tertiary/aromatic N) is 4. The zero-order valence-corrected chi connectivity index (χ0v) is 30.7. The monoisotopic (exact) mass is 678 g/mol. The normalized spacial score (nSPS) is 18.8. The Labute approximate surface area is 289 Å². The van der Waals surface area contributed by atoms with Gasteiger partial charge in [0.25, 0.3) is 5.91 Å². The number of piperazine rings is 1. The molecule has 3 heterocycles. The summed E-state index contributed by atoms with van der Waals surface area (Å²) in [7, 11) is 0.697. The Morgan fingerprint density at radius 3 is 2.48 bits per heavy atom. The summed E-state index contributed by atoms with van der Waals surface area (Å²) in [6.07, 6.45) is 17.3. The van der Waals surface area contributed by atoms with Gasteiger partial charge < -0.3 is 24.4 Å². The van der Waals surface area contributed by atoms with Crippen molar-refractivity contribution in [3.05, 3.63) is 83.7 Å². The number of aromatic nitrogens is 1. The number of benzene rings is 1. The van der Waals surface area contributed by atoms with Crippen molar-refractivity contribution in [2.45, 2.75) is 78.2 Å². The highest BCUT2D eigenvalue weighted by atomic mass is 32.2. The molecule has 2 fully saturated rings. The lowest BCUT2D eigenvalue weighted by atomic mass is 9.89. The van der Waals surface area contributed by atoms with Gasteiger partial charge in [-0.15, -0.1) is 0 Å². The smallest absolute Gasteiger partial charge is 0.263 e. The average Bonchev–Trinajstić information content (AvgIpc) is 3.39. The Balaban J connectivity index is 1.84. The molecule has 0 aliphatic carbocycles. The van der Waals surface area contributed by atoms with E-state index in [1.165, 1.54) is 17.7 Å². The molecule has 1 amide bonds. The second kappa shape index (κ2) is 17.8. The van der Waals surface area contributed by atoms with Crippen LogP contribution in [0.2, 0.25) is 0 Å². The maximum atomic E-state index is 13.8. The van der Waals surface area contributed by atoms with E-state index in [9.17, 15) is 9.00 Å². The molecule has 4 rings (SSSR count). The van der Waals surface area contributed by atoms with E-state index in [1.54, 1.807) is 23.9 Å². The van der Waals surface area contributed by atoms with E-state index in [4.69, 9.17) is 4.74 Å². The number of methoxy groups -OCH3 is 1. The summed E-state index contributed by atoms with van der Waals surface area (Å²) in [4.78, 5) is 18.3. The van der Waals surface area contributed by atoms with Gasteiger partial charge in [-0.25, -0.2) is 8.51 Å². The molecule has 0 saturated carbocycles. The van der Waals surface area contributed by atoms with Crippen LogP contribution in [0.4, 0.5) is 0 Å². The number of allylic oxidation sites excluding steroid dienone is 3. The van der Waals surface area contributed by atoms with Gasteiger partial charge in [0.2, 0.25) is 0 Å². The number of nitrogens with one attached hydrogen (secondary N) is 2. The summed E-state index contributed by atoms with van der Waals surface area (Å²) in [6.45, 7) is 16.5. The molecule has 2 N–H and O–H groups in total. The predicted molar refractivity (Wildman–Crippen MR) is 202 cm³/mol. The number of rotatable bonds is 16. The van der Waals surface area contributed by atoms with Crippen LogP contribution >= 0.6 is 0 Å². The number of carbonyl (C=O) groups excluding carboxylic acids is 1. The molecule has 2 aliphatic heterocycles. The van der Waals surface area contributed by atoms with E-state index >= 15 is 0 Å². The SMILES string of the molecule is C=C(/C(=C/N/C=C/OC)Cn1c(C/C=C\C)c(C(CC)CCC)c2ccc(C(=O)NS(=C)(=O)N3CCN(C)CC3)cc21)N1CCCCC1. The minimum Gasteiger partial charge on any atom is -0.503 e. The van der Waals surface area contributed by atoms with Crippen LogP contribution in [-0.4, -0.2) is 88.1 Å². The van der Waals surface area contributed by atoms with Crippen molar-refractivity contribution in [1.29, 1.82) is 0 Å². The van der Waals surface area contributed by atoms with Crippen LogP contribution in [0.25, 0.3) is 10.9 Å². The first-order valence-electron chi connectivity index (χ1n) is 17.6. The van der Waals surface area contributed by atoms with E-state index < -0.39 is 9.89 Å².